The van der Waals surface area contributed by atoms with Gasteiger partial charge in [0.2, 0.25) is 0 Å². The molecule has 2 heterocycles. The van der Waals surface area contributed by atoms with Gasteiger partial charge >= 0.3 is 0 Å². The number of hydrogen-bond acceptors (Lipinski definition) is 4. The van der Waals surface area contributed by atoms with Crippen LogP contribution in [0.3, 0.4) is 0 Å². The molecule has 2 unspecified atom stereocenters. The van der Waals surface area contributed by atoms with E-state index in [0.29, 0.717) is 25.7 Å². The second-order valence-electron chi connectivity index (χ2n) is 5.52. The normalized spacial score (nSPS) is 26.4. The molecule has 0 aromatic rings. The fourth-order valence-corrected chi connectivity index (χ4v) is 2.80. The Morgan fingerprint density at radius 2 is 2.43 bits per heavy atom. The Bertz CT molecular complexity index is 349. The Labute approximate surface area is 127 Å². The SMILES string of the molecule is C=CCNC(=NCC1CN2CCCC2CO1)NCCOC. The molecule has 2 atom stereocenters. The van der Waals surface area contributed by atoms with E-state index in [1.165, 1.54) is 19.4 Å². The molecule has 0 aliphatic carbocycles. The lowest BCUT2D eigenvalue weighted by molar-refractivity contribution is -0.0432. The number of nitrogens with one attached hydrogen (secondary N) is 2. The van der Waals surface area contributed by atoms with Crippen LogP contribution in [0.15, 0.2) is 17.6 Å². The maximum atomic E-state index is 5.92. The summed E-state index contributed by atoms with van der Waals surface area (Å²) < 4.78 is 11.0. The third kappa shape index (κ3) is 5.30. The van der Waals surface area contributed by atoms with Crippen LogP contribution >= 0.6 is 0 Å². The molecule has 0 radical (unpaired) electrons. The van der Waals surface area contributed by atoms with Gasteiger partial charge in [-0.25, -0.2) is 0 Å². The zero-order valence-corrected chi connectivity index (χ0v) is 13.0. The molecule has 6 nitrogen and oxygen atoms in total. The molecule has 0 spiro atoms. The summed E-state index contributed by atoms with van der Waals surface area (Å²) in [6, 6.07) is 0.642. The number of nitrogens with zero attached hydrogens (tertiary/aromatic N) is 2. The van der Waals surface area contributed by atoms with E-state index >= 15 is 0 Å². The van der Waals surface area contributed by atoms with Crippen LogP contribution in [0.25, 0.3) is 0 Å². The Morgan fingerprint density at radius 1 is 1.52 bits per heavy atom. The minimum Gasteiger partial charge on any atom is -0.383 e. The van der Waals surface area contributed by atoms with Gasteiger partial charge in [0.05, 0.1) is 25.9 Å². The van der Waals surface area contributed by atoms with E-state index in [-0.39, 0.29) is 6.10 Å². The number of aliphatic imine (C=N–C) groups is 1. The van der Waals surface area contributed by atoms with Crippen molar-refractivity contribution in [3.05, 3.63) is 12.7 Å². The average Bonchev–Trinajstić information content (AvgIpc) is 2.97. The highest BCUT2D eigenvalue weighted by Crippen LogP contribution is 2.22. The number of guanidine groups is 1. The Hall–Kier alpha value is -1.11. The molecule has 0 saturated carbocycles. The summed E-state index contributed by atoms with van der Waals surface area (Å²) in [5.41, 5.74) is 0. The monoisotopic (exact) mass is 296 g/mol. The van der Waals surface area contributed by atoms with Crippen LogP contribution in [-0.4, -0.2) is 76.1 Å². The number of hydrogen-bond donors (Lipinski definition) is 2. The third-order valence-electron chi connectivity index (χ3n) is 3.93. The number of rotatable bonds is 7. The molecule has 2 aliphatic rings. The van der Waals surface area contributed by atoms with Gasteiger partial charge < -0.3 is 20.1 Å². The lowest BCUT2D eigenvalue weighted by Gasteiger charge is -2.34. The Balaban J connectivity index is 1.78. The molecule has 2 fully saturated rings. The molecule has 6 heteroatoms. The second kappa shape index (κ2) is 9.02. The predicted octanol–water partition coefficient (Wildman–Crippen LogP) is 0.217. The molecule has 21 heavy (non-hydrogen) atoms. The van der Waals surface area contributed by atoms with E-state index in [0.717, 1.165) is 25.7 Å². The van der Waals surface area contributed by atoms with Crippen LogP contribution < -0.4 is 10.6 Å². The van der Waals surface area contributed by atoms with Crippen molar-refractivity contribution in [1.82, 2.24) is 15.5 Å². The standard InChI is InChI=1S/C15H28N4O2/c1-3-6-16-15(17-7-9-20-2)18-10-14-11-19-8-4-5-13(19)12-21-14/h3,13-14H,1,4-12H2,2H3,(H2,16,17,18). The van der Waals surface area contributed by atoms with E-state index in [4.69, 9.17) is 9.47 Å². The second-order valence-corrected chi connectivity index (χ2v) is 5.52. The maximum Gasteiger partial charge on any atom is 0.191 e. The summed E-state index contributed by atoms with van der Waals surface area (Å²) in [7, 11) is 1.69. The molecule has 0 amide bonds. The van der Waals surface area contributed by atoms with Gasteiger partial charge in [-0.05, 0) is 19.4 Å². The third-order valence-corrected chi connectivity index (χ3v) is 3.93. The van der Waals surface area contributed by atoms with Gasteiger partial charge in [0.1, 0.15) is 0 Å². The van der Waals surface area contributed by atoms with E-state index in [9.17, 15) is 0 Å². The first-order valence-electron chi connectivity index (χ1n) is 7.81. The van der Waals surface area contributed by atoms with Gasteiger partial charge in [-0.3, -0.25) is 9.89 Å². The first kappa shape index (κ1) is 16.3. The van der Waals surface area contributed by atoms with Crippen LogP contribution in [0.5, 0.6) is 0 Å². The van der Waals surface area contributed by atoms with Gasteiger partial charge in [0, 0.05) is 32.8 Å². The highest BCUT2D eigenvalue weighted by molar-refractivity contribution is 5.79. The molecule has 0 aromatic heterocycles. The lowest BCUT2D eigenvalue weighted by atomic mass is 10.2. The fraction of sp³-hybridized carbons (Fsp3) is 0.800. The summed E-state index contributed by atoms with van der Waals surface area (Å²) in [6.45, 7) is 9.55. The molecule has 0 bridgehead atoms. The summed E-state index contributed by atoms with van der Waals surface area (Å²) in [5.74, 6) is 0.791. The number of fused-ring (bicyclic) bond motifs is 1. The Morgan fingerprint density at radius 3 is 3.24 bits per heavy atom. The molecule has 2 saturated heterocycles. The minimum absolute atomic E-state index is 0.198. The first-order valence-corrected chi connectivity index (χ1v) is 7.81. The van der Waals surface area contributed by atoms with E-state index in [1.54, 1.807) is 7.11 Å². The van der Waals surface area contributed by atoms with Gasteiger partial charge in [-0.2, -0.15) is 0 Å². The van der Waals surface area contributed by atoms with E-state index in [2.05, 4.69) is 27.1 Å². The van der Waals surface area contributed by atoms with Crippen molar-refractivity contribution < 1.29 is 9.47 Å². The zero-order valence-electron chi connectivity index (χ0n) is 13.0. The molecular weight excluding hydrogens is 268 g/mol. The molecule has 2 aliphatic heterocycles. The predicted molar refractivity (Wildman–Crippen MR) is 84.7 cm³/mol. The van der Waals surface area contributed by atoms with Crippen molar-refractivity contribution in [1.29, 1.82) is 0 Å². The highest BCUT2D eigenvalue weighted by Gasteiger charge is 2.31. The molecule has 2 rings (SSSR count). The lowest BCUT2D eigenvalue weighted by Crippen LogP contribution is -2.47. The summed E-state index contributed by atoms with van der Waals surface area (Å²) in [6.07, 6.45) is 4.60. The van der Waals surface area contributed by atoms with Gasteiger partial charge in [0.15, 0.2) is 5.96 Å². The van der Waals surface area contributed by atoms with Crippen LogP contribution in [0, 0.1) is 0 Å². The van der Waals surface area contributed by atoms with Gasteiger partial charge in [-0.1, -0.05) is 6.08 Å². The van der Waals surface area contributed by atoms with Crippen LogP contribution in [-0.2, 0) is 9.47 Å². The number of morpholine rings is 1. The molecule has 2 N–H and O–H groups in total. The van der Waals surface area contributed by atoms with Crippen molar-refractivity contribution >= 4 is 5.96 Å². The van der Waals surface area contributed by atoms with Crippen molar-refractivity contribution in [3.8, 4) is 0 Å². The molecule has 0 aromatic carbocycles. The molecular formula is C15H28N4O2. The van der Waals surface area contributed by atoms with E-state index in [1.807, 2.05) is 6.08 Å². The van der Waals surface area contributed by atoms with Crippen LogP contribution in [0.4, 0.5) is 0 Å². The van der Waals surface area contributed by atoms with E-state index < -0.39 is 0 Å². The average molecular weight is 296 g/mol. The quantitative estimate of drug-likeness (QED) is 0.305. The summed E-state index contributed by atoms with van der Waals surface area (Å²) >= 11 is 0. The fourth-order valence-electron chi connectivity index (χ4n) is 2.80. The van der Waals surface area contributed by atoms with Crippen LogP contribution in [0.1, 0.15) is 12.8 Å². The maximum absolute atomic E-state index is 5.92. The first-order chi connectivity index (χ1) is 10.3. The zero-order chi connectivity index (χ0) is 14.9. The minimum atomic E-state index is 0.198. The number of methoxy groups -OCH3 is 1. The highest BCUT2D eigenvalue weighted by atomic mass is 16.5. The van der Waals surface area contributed by atoms with Crippen molar-refractivity contribution in [2.45, 2.75) is 25.0 Å². The van der Waals surface area contributed by atoms with Crippen molar-refractivity contribution in [2.24, 2.45) is 4.99 Å². The van der Waals surface area contributed by atoms with Crippen molar-refractivity contribution in [3.63, 3.8) is 0 Å². The smallest absolute Gasteiger partial charge is 0.191 e. The largest absolute Gasteiger partial charge is 0.383 e. The Kier molecular flexibility index (Phi) is 6.99. The van der Waals surface area contributed by atoms with Gasteiger partial charge in [0.25, 0.3) is 0 Å². The molecule has 120 valence electrons. The topological polar surface area (TPSA) is 58.1 Å². The van der Waals surface area contributed by atoms with Crippen LogP contribution in [0.2, 0.25) is 0 Å². The van der Waals surface area contributed by atoms with Gasteiger partial charge in [-0.15, -0.1) is 6.58 Å². The summed E-state index contributed by atoms with van der Waals surface area (Å²) in [5, 5.41) is 6.45. The number of ether oxygens (including phenoxy) is 2. The summed E-state index contributed by atoms with van der Waals surface area (Å²) in [4.78, 5) is 7.15. The van der Waals surface area contributed by atoms with Crippen molar-refractivity contribution in [2.75, 3.05) is 53.0 Å².